The van der Waals surface area contributed by atoms with Gasteiger partial charge in [-0.25, -0.2) is 8.42 Å². The predicted molar refractivity (Wildman–Crippen MR) is 160 cm³/mol. The highest BCUT2D eigenvalue weighted by Crippen LogP contribution is 2.30. The van der Waals surface area contributed by atoms with Gasteiger partial charge in [-0.05, 0) is 112 Å². The van der Waals surface area contributed by atoms with Gasteiger partial charge in [0, 0.05) is 16.3 Å². The Morgan fingerprint density at radius 1 is 0.925 bits per heavy atom. The summed E-state index contributed by atoms with van der Waals surface area (Å²) in [4.78, 5) is 26.7. The summed E-state index contributed by atoms with van der Waals surface area (Å²) >= 11 is 6.14. The average Bonchev–Trinajstić information content (AvgIpc) is 2.85. The van der Waals surface area contributed by atoms with E-state index in [1.165, 1.54) is 0 Å². The van der Waals surface area contributed by atoms with E-state index in [4.69, 9.17) is 11.6 Å². The van der Waals surface area contributed by atoms with Gasteiger partial charge >= 0.3 is 5.97 Å². The number of Topliss-reactive ketones (excluding diaryl/α,β-unsaturated/α-hetero) is 1. The molecule has 0 aromatic heterocycles. The number of anilines is 1. The van der Waals surface area contributed by atoms with Crippen molar-refractivity contribution in [2.45, 2.75) is 45.1 Å². The molecule has 0 bridgehead atoms. The quantitative estimate of drug-likeness (QED) is 0.250. The second-order valence-corrected chi connectivity index (χ2v) is 12.4. The number of hydrogen-bond donors (Lipinski definition) is 3. The number of nitrogens with zero attached hydrogens (tertiary/aromatic N) is 1. The Morgan fingerprint density at radius 3 is 2.17 bits per heavy atom. The Hall–Kier alpha value is -3.24. The molecule has 0 amide bonds. The van der Waals surface area contributed by atoms with Crippen molar-refractivity contribution >= 4 is 39.1 Å². The molecule has 40 heavy (non-hydrogen) atoms. The summed E-state index contributed by atoms with van der Waals surface area (Å²) in [5.74, 6) is -1.18. The van der Waals surface area contributed by atoms with Crippen LogP contribution in [0.5, 0.6) is 0 Å². The van der Waals surface area contributed by atoms with Crippen LogP contribution in [-0.2, 0) is 14.8 Å². The fourth-order valence-electron chi connectivity index (χ4n) is 4.59. The smallest absolute Gasteiger partial charge is 0.320 e. The maximum atomic E-state index is 13.2. The molecule has 8 nitrogen and oxygen atoms in total. The zero-order chi connectivity index (χ0) is 29.8. The second kappa shape index (κ2) is 13.0. The van der Waals surface area contributed by atoms with Gasteiger partial charge in [0.1, 0.15) is 6.04 Å². The average molecular weight is 586 g/mol. The molecular weight excluding hydrogens is 550 g/mol. The van der Waals surface area contributed by atoms with Crippen LogP contribution in [0.15, 0.2) is 53.4 Å². The Kier molecular flexibility index (Phi) is 10.1. The molecule has 214 valence electrons. The number of aryl methyl sites for hydroxylation is 4. The van der Waals surface area contributed by atoms with Crippen LogP contribution in [0.25, 0.3) is 11.1 Å². The van der Waals surface area contributed by atoms with Crippen molar-refractivity contribution in [3.8, 4) is 11.1 Å². The van der Waals surface area contributed by atoms with Gasteiger partial charge in [0.25, 0.3) is 10.0 Å². The molecule has 3 rings (SSSR count). The largest absolute Gasteiger partial charge is 0.480 e. The molecule has 0 radical (unpaired) electrons. The number of nitrogens with one attached hydrogen (secondary N) is 2. The van der Waals surface area contributed by atoms with E-state index in [9.17, 15) is 23.1 Å². The maximum Gasteiger partial charge on any atom is 0.320 e. The summed E-state index contributed by atoms with van der Waals surface area (Å²) in [5.41, 5.74) is 5.27. The van der Waals surface area contributed by atoms with Crippen molar-refractivity contribution in [2.75, 3.05) is 31.9 Å². The summed E-state index contributed by atoms with van der Waals surface area (Å²) in [5, 5.41) is 12.9. The molecule has 0 fully saturated rings. The fraction of sp³-hybridized carbons (Fsp3) is 0.333. The van der Waals surface area contributed by atoms with Gasteiger partial charge in [-0.1, -0.05) is 35.9 Å². The number of carbonyl (C=O) groups is 2. The van der Waals surface area contributed by atoms with Gasteiger partial charge in [-0.15, -0.1) is 0 Å². The highest BCUT2D eigenvalue weighted by atomic mass is 35.5. The lowest BCUT2D eigenvalue weighted by Crippen LogP contribution is -2.41. The van der Waals surface area contributed by atoms with Crippen LogP contribution in [0.2, 0.25) is 5.02 Å². The van der Waals surface area contributed by atoms with E-state index in [-0.39, 0.29) is 17.2 Å². The number of carbonyl (C=O) groups excluding carboxylic acids is 1. The number of carboxylic acids is 1. The van der Waals surface area contributed by atoms with E-state index in [1.807, 2.05) is 51.0 Å². The van der Waals surface area contributed by atoms with E-state index in [1.54, 1.807) is 44.2 Å². The van der Waals surface area contributed by atoms with Gasteiger partial charge in [-0.3, -0.25) is 19.6 Å². The minimum Gasteiger partial charge on any atom is -0.480 e. The molecule has 0 aliphatic carbocycles. The monoisotopic (exact) mass is 585 g/mol. The Labute approximate surface area is 241 Å². The standard InChI is InChI=1S/C30H36ClN3O5S/c1-18-15-28(19(2)14-25(18)31)40(38,39)33-24-9-7-8-22(16-24)23-12-20(3)29(21(4)13-23)27(35)17-32-26(30(36)37)10-11-34(5)6/h7-9,12-16,26,32-33H,10-11,17H2,1-6H3,(H,36,37). The number of ketones is 1. The SMILES string of the molecule is Cc1cc(S(=O)(=O)Nc2cccc(-c3cc(C)c(C(=O)CNC(CCN(C)C)C(=O)O)c(C)c3)c2)c(C)cc1Cl. The van der Waals surface area contributed by atoms with Crippen LogP contribution in [0.4, 0.5) is 5.69 Å². The van der Waals surface area contributed by atoms with E-state index in [2.05, 4.69) is 10.0 Å². The first kappa shape index (κ1) is 31.3. The summed E-state index contributed by atoms with van der Waals surface area (Å²) in [6.45, 7) is 7.62. The third-order valence-corrected chi connectivity index (χ3v) is 8.61. The summed E-state index contributed by atoms with van der Waals surface area (Å²) in [6.07, 6.45) is 0.379. The summed E-state index contributed by atoms with van der Waals surface area (Å²) < 4.78 is 29.0. The van der Waals surface area contributed by atoms with Crippen LogP contribution < -0.4 is 10.0 Å². The number of sulfonamides is 1. The summed E-state index contributed by atoms with van der Waals surface area (Å²) in [6, 6.07) is 13.2. The predicted octanol–water partition coefficient (Wildman–Crippen LogP) is 5.22. The van der Waals surface area contributed by atoms with E-state index >= 15 is 0 Å². The van der Waals surface area contributed by atoms with Crippen molar-refractivity contribution in [3.63, 3.8) is 0 Å². The molecule has 3 aromatic carbocycles. The lowest BCUT2D eigenvalue weighted by molar-refractivity contribution is -0.139. The topological polar surface area (TPSA) is 116 Å². The van der Waals surface area contributed by atoms with Gasteiger partial charge in [0.15, 0.2) is 5.78 Å². The summed E-state index contributed by atoms with van der Waals surface area (Å²) in [7, 11) is -0.119. The molecule has 0 aliphatic rings. The molecule has 0 aliphatic heterocycles. The molecule has 3 aromatic rings. The highest BCUT2D eigenvalue weighted by molar-refractivity contribution is 7.92. The second-order valence-electron chi connectivity index (χ2n) is 10.3. The van der Waals surface area contributed by atoms with Crippen LogP contribution in [-0.4, -0.2) is 63.4 Å². The molecule has 10 heteroatoms. The van der Waals surface area contributed by atoms with Crippen molar-refractivity contribution < 1.29 is 23.1 Å². The molecule has 3 N–H and O–H groups in total. The number of carboxylic acid groups (broad SMARTS) is 1. The minimum atomic E-state index is -3.85. The lowest BCUT2D eigenvalue weighted by atomic mass is 9.93. The Balaban J connectivity index is 1.82. The zero-order valence-corrected chi connectivity index (χ0v) is 25.2. The van der Waals surface area contributed by atoms with E-state index in [0.717, 1.165) is 22.3 Å². The number of aliphatic carboxylic acids is 1. The Bertz CT molecular complexity index is 1510. The van der Waals surface area contributed by atoms with Crippen LogP contribution in [0, 0.1) is 27.7 Å². The van der Waals surface area contributed by atoms with E-state index in [0.29, 0.717) is 40.4 Å². The minimum absolute atomic E-state index is 0.0910. The first-order valence-corrected chi connectivity index (χ1v) is 14.7. The van der Waals surface area contributed by atoms with Crippen LogP contribution in [0.3, 0.4) is 0 Å². The molecule has 1 unspecified atom stereocenters. The number of rotatable bonds is 12. The van der Waals surface area contributed by atoms with Gasteiger partial charge < -0.3 is 10.0 Å². The normalized spacial score (nSPS) is 12.4. The first-order chi connectivity index (χ1) is 18.7. The molecular formula is C30H36ClN3O5S. The van der Waals surface area contributed by atoms with Gasteiger partial charge in [-0.2, -0.15) is 0 Å². The molecule has 0 saturated heterocycles. The third-order valence-electron chi connectivity index (χ3n) is 6.68. The molecule has 1 atom stereocenters. The van der Waals surface area contributed by atoms with Crippen molar-refractivity contribution in [3.05, 3.63) is 81.4 Å². The van der Waals surface area contributed by atoms with Crippen molar-refractivity contribution in [1.29, 1.82) is 0 Å². The van der Waals surface area contributed by atoms with Crippen molar-refractivity contribution in [1.82, 2.24) is 10.2 Å². The number of benzene rings is 3. The van der Waals surface area contributed by atoms with Gasteiger partial charge in [0.2, 0.25) is 0 Å². The fourth-order valence-corrected chi connectivity index (χ4v) is 6.17. The van der Waals surface area contributed by atoms with Gasteiger partial charge in [0.05, 0.1) is 11.4 Å². The van der Waals surface area contributed by atoms with Crippen molar-refractivity contribution in [2.24, 2.45) is 0 Å². The first-order valence-electron chi connectivity index (χ1n) is 12.8. The van der Waals surface area contributed by atoms with E-state index < -0.39 is 22.0 Å². The Morgan fingerprint density at radius 2 is 1.57 bits per heavy atom. The number of hydrogen-bond acceptors (Lipinski definition) is 6. The maximum absolute atomic E-state index is 13.2. The number of halogens is 1. The third kappa shape index (κ3) is 7.69. The lowest BCUT2D eigenvalue weighted by Gasteiger charge is -2.18. The molecule has 0 heterocycles. The highest BCUT2D eigenvalue weighted by Gasteiger charge is 2.21. The van der Waals surface area contributed by atoms with Crippen LogP contribution >= 0.6 is 11.6 Å². The molecule has 0 saturated carbocycles. The zero-order valence-electron chi connectivity index (χ0n) is 23.6. The van der Waals surface area contributed by atoms with Crippen LogP contribution in [0.1, 0.15) is 39.0 Å². The molecule has 0 spiro atoms.